The molecule has 1 atom stereocenters. The third-order valence-corrected chi connectivity index (χ3v) is 1.71. The largest absolute Gasteiger partial charge is 0.469 e. The molecule has 0 aromatic carbocycles. The normalized spacial score (nSPS) is 14.1. The number of rotatable bonds is 6. The summed E-state index contributed by atoms with van der Waals surface area (Å²) >= 11 is 0. The van der Waals surface area contributed by atoms with Crippen LogP contribution in [-0.4, -0.2) is 38.0 Å². The van der Waals surface area contributed by atoms with Gasteiger partial charge in [-0.3, -0.25) is 4.79 Å². The number of ether oxygens (including phenoxy) is 1. The zero-order chi connectivity index (χ0) is 12.1. The minimum Gasteiger partial charge on any atom is -0.469 e. The molecule has 0 amide bonds. The van der Waals surface area contributed by atoms with Crippen molar-refractivity contribution in [2.75, 3.05) is 13.7 Å². The van der Waals surface area contributed by atoms with Crippen LogP contribution in [0.2, 0.25) is 0 Å². The van der Waals surface area contributed by atoms with Crippen molar-refractivity contribution in [2.45, 2.75) is 31.7 Å². The third-order valence-electron chi connectivity index (χ3n) is 1.71. The fourth-order valence-electron chi connectivity index (χ4n) is 0.793. The lowest BCUT2D eigenvalue weighted by molar-refractivity contribution is -0.142. The highest BCUT2D eigenvalue weighted by Crippen LogP contribution is 2.21. The number of halogens is 4. The van der Waals surface area contributed by atoms with Gasteiger partial charge in [-0.1, -0.05) is 0 Å². The zero-order valence-electron chi connectivity index (χ0n) is 8.40. The van der Waals surface area contributed by atoms with Gasteiger partial charge in [0.1, 0.15) is 0 Å². The van der Waals surface area contributed by atoms with Crippen LogP contribution in [0.3, 0.4) is 0 Å². The van der Waals surface area contributed by atoms with Crippen LogP contribution in [0.4, 0.5) is 17.6 Å². The molecule has 0 heterocycles. The van der Waals surface area contributed by atoms with E-state index in [1.165, 1.54) is 6.92 Å². The summed E-state index contributed by atoms with van der Waals surface area (Å²) in [6, 6.07) is -0.637. The Morgan fingerprint density at radius 3 is 2.40 bits per heavy atom. The molecular weight excluding hydrogens is 218 g/mol. The zero-order valence-corrected chi connectivity index (χ0v) is 8.40. The number of carbonyl (C=O) groups is 1. The van der Waals surface area contributed by atoms with E-state index >= 15 is 0 Å². The van der Waals surface area contributed by atoms with Gasteiger partial charge in [0, 0.05) is 6.04 Å². The first-order valence-corrected chi connectivity index (χ1v) is 4.25. The Hall–Kier alpha value is -0.850. The smallest absolute Gasteiger partial charge is 0.319 e. The molecule has 15 heavy (non-hydrogen) atoms. The summed E-state index contributed by atoms with van der Waals surface area (Å²) in [4.78, 5) is 10.7. The van der Waals surface area contributed by atoms with E-state index in [4.69, 9.17) is 0 Å². The first-order chi connectivity index (χ1) is 6.79. The minimum atomic E-state index is -4.08. The number of esters is 1. The molecule has 0 aliphatic carbocycles. The predicted molar refractivity (Wildman–Crippen MR) is 45.0 cm³/mol. The van der Waals surface area contributed by atoms with Crippen molar-refractivity contribution < 1.29 is 27.1 Å². The van der Waals surface area contributed by atoms with E-state index < -0.39 is 30.9 Å². The van der Waals surface area contributed by atoms with Crippen LogP contribution in [0.1, 0.15) is 13.3 Å². The van der Waals surface area contributed by atoms with Gasteiger partial charge in [-0.2, -0.15) is 8.78 Å². The molecule has 7 heteroatoms. The van der Waals surface area contributed by atoms with Crippen LogP contribution in [0.15, 0.2) is 0 Å². The molecule has 0 radical (unpaired) electrons. The second-order valence-corrected chi connectivity index (χ2v) is 3.12. The summed E-state index contributed by atoms with van der Waals surface area (Å²) in [5.74, 6) is -4.67. The van der Waals surface area contributed by atoms with Gasteiger partial charge in [-0.05, 0) is 6.92 Å². The van der Waals surface area contributed by atoms with Crippen LogP contribution in [0.25, 0.3) is 0 Å². The molecule has 3 nitrogen and oxygen atoms in total. The van der Waals surface area contributed by atoms with E-state index in [0.29, 0.717) is 0 Å². The summed E-state index contributed by atoms with van der Waals surface area (Å²) in [5, 5.41) is 2.14. The minimum absolute atomic E-state index is 0.143. The maximum absolute atomic E-state index is 12.4. The molecule has 0 bridgehead atoms. The fraction of sp³-hybridized carbons (Fsp3) is 0.875. The number of methoxy groups -OCH3 is 1. The summed E-state index contributed by atoms with van der Waals surface area (Å²) in [5.41, 5.74) is 0. The Labute approximate surface area is 84.8 Å². The second kappa shape index (κ2) is 5.89. The first-order valence-electron chi connectivity index (χ1n) is 4.25. The van der Waals surface area contributed by atoms with Gasteiger partial charge in [0.25, 0.3) is 0 Å². The average Bonchev–Trinajstić information content (AvgIpc) is 2.14. The lowest BCUT2D eigenvalue weighted by Crippen LogP contribution is -2.42. The molecule has 0 aromatic rings. The highest BCUT2D eigenvalue weighted by atomic mass is 19.3. The lowest BCUT2D eigenvalue weighted by atomic mass is 10.2. The van der Waals surface area contributed by atoms with Crippen molar-refractivity contribution in [2.24, 2.45) is 0 Å². The first kappa shape index (κ1) is 14.2. The van der Waals surface area contributed by atoms with E-state index in [2.05, 4.69) is 10.1 Å². The molecule has 0 aromatic heterocycles. The highest BCUT2D eigenvalue weighted by molar-refractivity contribution is 5.69. The van der Waals surface area contributed by atoms with Crippen LogP contribution in [-0.2, 0) is 9.53 Å². The number of alkyl halides is 4. The Kier molecular flexibility index (Phi) is 5.56. The van der Waals surface area contributed by atoms with Gasteiger partial charge in [0.05, 0.1) is 20.1 Å². The van der Waals surface area contributed by atoms with E-state index in [1.54, 1.807) is 0 Å². The summed E-state index contributed by atoms with van der Waals surface area (Å²) in [6.07, 6.45) is -3.86. The molecule has 0 saturated carbocycles. The third kappa shape index (κ3) is 5.56. The van der Waals surface area contributed by atoms with Gasteiger partial charge in [-0.25, -0.2) is 8.78 Å². The Balaban J connectivity index is 3.90. The second-order valence-electron chi connectivity index (χ2n) is 3.12. The van der Waals surface area contributed by atoms with Crippen molar-refractivity contribution in [3.8, 4) is 0 Å². The summed E-state index contributed by atoms with van der Waals surface area (Å²) in [6.45, 7) is 0.265. The van der Waals surface area contributed by atoms with Crippen LogP contribution < -0.4 is 5.32 Å². The monoisotopic (exact) mass is 231 g/mol. The van der Waals surface area contributed by atoms with E-state index in [9.17, 15) is 22.4 Å². The van der Waals surface area contributed by atoms with Crippen LogP contribution in [0, 0.1) is 0 Å². The van der Waals surface area contributed by atoms with Gasteiger partial charge in [0.15, 0.2) is 0 Å². The Morgan fingerprint density at radius 2 is 2.00 bits per heavy atom. The molecular formula is C8H13F4NO2. The molecule has 90 valence electrons. The molecule has 1 N–H and O–H groups in total. The predicted octanol–water partition coefficient (Wildman–Crippen LogP) is 1.43. The number of hydrogen-bond donors (Lipinski definition) is 1. The highest BCUT2D eigenvalue weighted by Gasteiger charge is 2.40. The SMILES string of the molecule is COC(=O)CC(C)NCC(F)(F)C(F)F. The Morgan fingerprint density at radius 1 is 1.47 bits per heavy atom. The number of carbonyl (C=O) groups excluding carboxylic acids is 1. The van der Waals surface area contributed by atoms with Gasteiger partial charge in [-0.15, -0.1) is 0 Å². The van der Waals surface area contributed by atoms with Crippen molar-refractivity contribution in [1.82, 2.24) is 5.32 Å². The topological polar surface area (TPSA) is 38.3 Å². The van der Waals surface area contributed by atoms with Crippen molar-refractivity contribution in [1.29, 1.82) is 0 Å². The fourth-order valence-corrected chi connectivity index (χ4v) is 0.793. The molecule has 0 aliphatic rings. The molecule has 0 rings (SSSR count). The van der Waals surface area contributed by atoms with E-state index in [0.717, 1.165) is 7.11 Å². The maximum atomic E-state index is 12.4. The Bertz CT molecular complexity index is 211. The molecule has 1 unspecified atom stereocenters. The molecule has 0 aliphatic heterocycles. The van der Waals surface area contributed by atoms with Gasteiger partial charge >= 0.3 is 18.3 Å². The summed E-state index contributed by atoms with van der Waals surface area (Å²) < 4.78 is 52.5. The van der Waals surface area contributed by atoms with E-state index in [1.807, 2.05) is 0 Å². The molecule has 0 saturated heterocycles. The standard InChI is InChI=1S/C8H13F4NO2/c1-5(3-6(14)15-2)13-4-8(11,12)7(9)10/h5,7,13H,3-4H2,1-2H3. The quantitative estimate of drug-likeness (QED) is 0.555. The van der Waals surface area contributed by atoms with Crippen LogP contribution in [0.5, 0.6) is 0 Å². The van der Waals surface area contributed by atoms with Gasteiger partial charge < -0.3 is 10.1 Å². The number of nitrogens with one attached hydrogen (secondary N) is 1. The summed E-state index contributed by atoms with van der Waals surface area (Å²) in [7, 11) is 1.16. The lowest BCUT2D eigenvalue weighted by Gasteiger charge is -2.19. The molecule has 0 spiro atoms. The van der Waals surface area contributed by atoms with Crippen LogP contribution >= 0.6 is 0 Å². The van der Waals surface area contributed by atoms with Crippen molar-refractivity contribution in [3.05, 3.63) is 0 Å². The van der Waals surface area contributed by atoms with Crippen molar-refractivity contribution in [3.63, 3.8) is 0 Å². The average molecular weight is 231 g/mol. The van der Waals surface area contributed by atoms with E-state index in [-0.39, 0.29) is 6.42 Å². The van der Waals surface area contributed by atoms with Crippen molar-refractivity contribution >= 4 is 5.97 Å². The van der Waals surface area contributed by atoms with Gasteiger partial charge in [0.2, 0.25) is 0 Å². The maximum Gasteiger partial charge on any atom is 0.319 e. The number of hydrogen-bond acceptors (Lipinski definition) is 3. The molecule has 0 fully saturated rings.